The van der Waals surface area contributed by atoms with Gasteiger partial charge in [-0.15, -0.1) is 0 Å². The number of hydrogen-bond acceptors (Lipinski definition) is 6. The second-order valence-corrected chi connectivity index (χ2v) is 6.55. The molecule has 0 spiro atoms. The van der Waals surface area contributed by atoms with E-state index >= 15 is 0 Å². The lowest BCUT2D eigenvalue weighted by Crippen LogP contribution is -2.20. The van der Waals surface area contributed by atoms with Crippen LogP contribution in [0.4, 0.5) is 5.69 Å². The van der Waals surface area contributed by atoms with Gasteiger partial charge in [-0.05, 0) is 24.6 Å². The maximum absolute atomic E-state index is 12.3. The van der Waals surface area contributed by atoms with E-state index in [0.717, 1.165) is 12.0 Å². The number of halogens is 1. The number of fused-ring (bicyclic) bond motifs is 1. The summed E-state index contributed by atoms with van der Waals surface area (Å²) < 4.78 is 21.4. The Kier molecular flexibility index (Phi) is 6.26. The molecule has 28 heavy (non-hydrogen) atoms. The van der Waals surface area contributed by atoms with Crippen LogP contribution >= 0.6 is 11.6 Å². The predicted octanol–water partition coefficient (Wildman–Crippen LogP) is 3.61. The van der Waals surface area contributed by atoms with Crippen molar-refractivity contribution in [1.82, 2.24) is 0 Å². The molecule has 0 saturated carbocycles. The second kappa shape index (κ2) is 8.84. The van der Waals surface area contributed by atoms with Crippen molar-refractivity contribution in [3.8, 4) is 17.2 Å². The number of carbonyl (C=O) groups excluding carboxylic acids is 2. The first kappa shape index (κ1) is 19.8. The molecule has 1 amide bonds. The fourth-order valence-electron chi connectivity index (χ4n) is 2.61. The minimum atomic E-state index is -0.478. The molecule has 0 saturated heterocycles. The van der Waals surface area contributed by atoms with Crippen LogP contribution in [0, 0.1) is 6.92 Å². The Bertz CT molecular complexity index is 899. The summed E-state index contributed by atoms with van der Waals surface area (Å²) in [6, 6.07) is 8.13. The molecule has 3 rings (SSSR count). The zero-order chi connectivity index (χ0) is 20.1. The maximum Gasteiger partial charge on any atom is 0.337 e. The molecule has 1 N–H and O–H groups in total. The molecule has 0 radical (unpaired) electrons. The van der Waals surface area contributed by atoms with Gasteiger partial charge in [-0.2, -0.15) is 0 Å². The van der Waals surface area contributed by atoms with Gasteiger partial charge < -0.3 is 24.3 Å². The Hall–Kier alpha value is -2.93. The van der Waals surface area contributed by atoms with Crippen LogP contribution in [0.2, 0.25) is 5.02 Å². The highest BCUT2D eigenvalue weighted by Gasteiger charge is 2.16. The molecular weight excluding hydrogens is 386 g/mol. The topological polar surface area (TPSA) is 83.1 Å². The molecule has 2 aromatic rings. The molecule has 8 heteroatoms. The number of anilines is 1. The normalized spacial score (nSPS) is 12.7. The molecular formula is C20H20ClNO6. The first-order chi connectivity index (χ1) is 13.5. The van der Waals surface area contributed by atoms with E-state index in [1.54, 1.807) is 24.3 Å². The van der Waals surface area contributed by atoms with Gasteiger partial charge in [0.25, 0.3) is 5.91 Å². The number of nitrogens with one attached hydrogen (secondary N) is 1. The number of benzene rings is 2. The van der Waals surface area contributed by atoms with Gasteiger partial charge in [-0.25, -0.2) is 4.79 Å². The number of carbonyl (C=O) groups is 2. The Morgan fingerprint density at radius 3 is 2.57 bits per heavy atom. The zero-order valence-electron chi connectivity index (χ0n) is 15.5. The number of rotatable bonds is 5. The third-order valence-corrected chi connectivity index (χ3v) is 4.39. The maximum atomic E-state index is 12.3. The lowest BCUT2D eigenvalue weighted by Gasteiger charge is -2.13. The lowest BCUT2D eigenvalue weighted by molar-refractivity contribution is -0.118. The third kappa shape index (κ3) is 4.67. The summed E-state index contributed by atoms with van der Waals surface area (Å²) in [6.07, 6.45) is 0.770. The summed E-state index contributed by atoms with van der Waals surface area (Å²) in [5.74, 6) is 0.613. The van der Waals surface area contributed by atoms with E-state index in [9.17, 15) is 9.59 Å². The van der Waals surface area contributed by atoms with E-state index in [1.165, 1.54) is 13.2 Å². The van der Waals surface area contributed by atoms with Crippen LogP contribution < -0.4 is 19.5 Å². The highest BCUT2D eigenvalue weighted by atomic mass is 35.5. The smallest absolute Gasteiger partial charge is 0.337 e. The van der Waals surface area contributed by atoms with Gasteiger partial charge in [0.05, 0.1) is 36.6 Å². The Labute approximate surface area is 167 Å². The molecule has 1 heterocycles. The summed E-state index contributed by atoms with van der Waals surface area (Å²) in [7, 11) is 1.30. The fourth-order valence-corrected chi connectivity index (χ4v) is 2.81. The Morgan fingerprint density at radius 2 is 1.86 bits per heavy atom. The number of amides is 1. The molecule has 1 aliphatic rings. The summed E-state index contributed by atoms with van der Waals surface area (Å²) >= 11 is 6.23. The fraction of sp³-hybridized carbons (Fsp3) is 0.300. The average Bonchev–Trinajstić information content (AvgIpc) is 2.92. The van der Waals surface area contributed by atoms with Gasteiger partial charge in [-0.3, -0.25) is 4.79 Å². The van der Waals surface area contributed by atoms with Crippen molar-refractivity contribution < 1.29 is 28.5 Å². The van der Waals surface area contributed by atoms with E-state index in [0.29, 0.717) is 46.7 Å². The first-order valence-electron chi connectivity index (χ1n) is 8.68. The van der Waals surface area contributed by atoms with E-state index in [1.807, 2.05) is 6.92 Å². The lowest BCUT2D eigenvalue weighted by atomic mass is 10.1. The highest BCUT2D eigenvalue weighted by Crippen LogP contribution is 2.37. The minimum Gasteiger partial charge on any atom is -0.490 e. The zero-order valence-corrected chi connectivity index (χ0v) is 16.3. The van der Waals surface area contributed by atoms with E-state index in [2.05, 4.69) is 5.32 Å². The monoisotopic (exact) mass is 405 g/mol. The number of ether oxygens (including phenoxy) is 4. The molecule has 7 nitrogen and oxygen atoms in total. The van der Waals surface area contributed by atoms with Crippen molar-refractivity contribution in [1.29, 1.82) is 0 Å². The molecule has 0 unspecified atom stereocenters. The van der Waals surface area contributed by atoms with Crippen LogP contribution in [0.15, 0.2) is 30.3 Å². The molecule has 0 fully saturated rings. The molecule has 0 aliphatic carbocycles. The van der Waals surface area contributed by atoms with Crippen molar-refractivity contribution >= 4 is 29.2 Å². The largest absolute Gasteiger partial charge is 0.490 e. The van der Waals surface area contributed by atoms with Crippen LogP contribution in [0.3, 0.4) is 0 Å². The van der Waals surface area contributed by atoms with Gasteiger partial charge >= 0.3 is 5.97 Å². The molecule has 0 atom stereocenters. The summed E-state index contributed by atoms with van der Waals surface area (Å²) in [5, 5.41) is 3.03. The minimum absolute atomic E-state index is 0.254. The number of aryl methyl sites for hydroxylation is 1. The van der Waals surface area contributed by atoms with E-state index < -0.39 is 11.9 Å². The number of esters is 1. The van der Waals surface area contributed by atoms with Gasteiger partial charge in [0, 0.05) is 18.6 Å². The molecule has 1 aliphatic heterocycles. The van der Waals surface area contributed by atoms with Gasteiger partial charge in [0.1, 0.15) is 5.75 Å². The van der Waals surface area contributed by atoms with Crippen LogP contribution in [-0.4, -0.2) is 38.8 Å². The summed E-state index contributed by atoms with van der Waals surface area (Å²) in [6.45, 7) is 2.64. The van der Waals surface area contributed by atoms with Crippen molar-refractivity contribution in [2.45, 2.75) is 13.3 Å². The third-order valence-electron chi connectivity index (χ3n) is 4.08. The van der Waals surface area contributed by atoms with Crippen molar-refractivity contribution in [2.24, 2.45) is 0 Å². The van der Waals surface area contributed by atoms with E-state index in [4.69, 9.17) is 30.5 Å². The van der Waals surface area contributed by atoms with Crippen molar-refractivity contribution in [3.05, 3.63) is 46.5 Å². The van der Waals surface area contributed by atoms with E-state index in [-0.39, 0.29) is 6.61 Å². The second-order valence-electron chi connectivity index (χ2n) is 6.14. The van der Waals surface area contributed by atoms with Gasteiger partial charge in [0.2, 0.25) is 0 Å². The molecule has 0 aromatic heterocycles. The average molecular weight is 406 g/mol. The first-order valence-corrected chi connectivity index (χ1v) is 9.06. The molecule has 148 valence electrons. The number of methoxy groups -OCH3 is 1. The summed E-state index contributed by atoms with van der Waals surface area (Å²) in [4.78, 5) is 23.9. The van der Waals surface area contributed by atoms with Crippen LogP contribution in [-0.2, 0) is 9.53 Å². The molecule has 2 aromatic carbocycles. The van der Waals surface area contributed by atoms with Crippen molar-refractivity contribution in [3.63, 3.8) is 0 Å². The predicted molar refractivity (Wildman–Crippen MR) is 104 cm³/mol. The SMILES string of the molecule is COC(=O)c1ccc(C)c(OCC(=O)Nc2cc3c(cc2Cl)OCCCO3)c1. The number of hydrogen-bond donors (Lipinski definition) is 1. The Balaban J connectivity index is 1.67. The van der Waals surface area contributed by atoms with Crippen molar-refractivity contribution in [2.75, 3.05) is 32.2 Å². The molecule has 0 bridgehead atoms. The van der Waals surface area contributed by atoms with Crippen LogP contribution in [0.25, 0.3) is 0 Å². The Morgan fingerprint density at radius 1 is 1.14 bits per heavy atom. The van der Waals surface area contributed by atoms with Gasteiger partial charge in [-0.1, -0.05) is 17.7 Å². The van der Waals surface area contributed by atoms with Crippen LogP contribution in [0.5, 0.6) is 17.2 Å². The van der Waals surface area contributed by atoms with Gasteiger partial charge in [0.15, 0.2) is 18.1 Å². The van der Waals surface area contributed by atoms with Crippen LogP contribution in [0.1, 0.15) is 22.3 Å². The standard InChI is InChI=1S/C20H20ClNO6/c1-12-4-5-13(20(24)25-2)8-16(12)28-11-19(23)22-15-10-18-17(9-14(15)21)26-6-3-7-27-18/h4-5,8-10H,3,6-7,11H2,1-2H3,(H,22,23). The summed E-state index contributed by atoms with van der Waals surface area (Å²) in [5.41, 5.74) is 1.53. The highest BCUT2D eigenvalue weighted by molar-refractivity contribution is 6.34. The quantitative estimate of drug-likeness (QED) is 0.765.